The topological polar surface area (TPSA) is 77.1 Å². The summed E-state index contributed by atoms with van der Waals surface area (Å²) in [7, 11) is 1.90. The highest BCUT2D eigenvalue weighted by Crippen LogP contribution is 2.21. The van der Waals surface area contributed by atoms with Crippen LogP contribution in [0.4, 0.5) is 0 Å². The quantitative estimate of drug-likeness (QED) is 0.651. The lowest BCUT2D eigenvalue weighted by molar-refractivity contribution is -0.121. The van der Waals surface area contributed by atoms with Gasteiger partial charge in [0.2, 0.25) is 5.91 Å². The van der Waals surface area contributed by atoms with E-state index in [1.54, 1.807) is 19.2 Å². The number of aromatic nitrogens is 2. The highest BCUT2D eigenvalue weighted by molar-refractivity contribution is 5.95. The number of nitrogens with one attached hydrogen (secondary N) is 1. The van der Waals surface area contributed by atoms with E-state index in [0.717, 1.165) is 11.4 Å². The monoisotopic (exact) mass is 365 g/mol. The zero-order valence-electron chi connectivity index (χ0n) is 15.7. The minimum absolute atomic E-state index is 0.0362. The molecule has 0 fully saturated rings. The van der Waals surface area contributed by atoms with E-state index in [1.165, 1.54) is 6.92 Å². The summed E-state index contributed by atoms with van der Waals surface area (Å²) in [5.41, 5.74) is 1.54. The minimum atomic E-state index is -0.329. The Bertz CT molecular complexity index is 941. The first-order valence-corrected chi connectivity index (χ1v) is 8.87. The Morgan fingerprint density at radius 2 is 2.00 bits per heavy atom. The van der Waals surface area contributed by atoms with Crippen molar-refractivity contribution in [2.24, 2.45) is 7.05 Å². The van der Waals surface area contributed by atoms with Crippen molar-refractivity contribution in [3.05, 3.63) is 77.3 Å². The zero-order valence-corrected chi connectivity index (χ0v) is 15.7. The number of Topliss-reactive ketones (excluding diaryl/α,β-unsaturated/α-hetero) is 1. The molecule has 1 amide bonds. The molecule has 2 heterocycles. The van der Waals surface area contributed by atoms with Crippen molar-refractivity contribution in [2.45, 2.75) is 32.7 Å². The average Bonchev–Trinajstić information content (AvgIpc) is 3.24. The number of benzene rings is 1. The summed E-state index contributed by atoms with van der Waals surface area (Å²) in [6.45, 7) is 3.26. The van der Waals surface area contributed by atoms with E-state index in [-0.39, 0.29) is 24.2 Å². The van der Waals surface area contributed by atoms with Crippen LogP contribution in [0.5, 0.6) is 0 Å². The summed E-state index contributed by atoms with van der Waals surface area (Å²) >= 11 is 0. The Balaban J connectivity index is 1.71. The van der Waals surface area contributed by atoms with Crippen molar-refractivity contribution in [2.75, 3.05) is 0 Å². The summed E-state index contributed by atoms with van der Waals surface area (Å²) in [6, 6.07) is 11.1. The third kappa shape index (κ3) is 4.34. The van der Waals surface area contributed by atoms with Crippen LogP contribution in [0.15, 0.2) is 53.2 Å². The molecule has 2 aromatic heterocycles. The van der Waals surface area contributed by atoms with Crippen LogP contribution in [0.2, 0.25) is 0 Å². The molecule has 6 nitrogen and oxygen atoms in total. The molecule has 0 spiro atoms. The van der Waals surface area contributed by atoms with Crippen LogP contribution in [0.1, 0.15) is 52.7 Å². The molecule has 0 saturated heterocycles. The van der Waals surface area contributed by atoms with Gasteiger partial charge in [-0.2, -0.15) is 0 Å². The molecule has 0 radical (unpaired) electrons. The second-order valence-electron chi connectivity index (χ2n) is 6.55. The van der Waals surface area contributed by atoms with Gasteiger partial charge < -0.3 is 14.3 Å². The van der Waals surface area contributed by atoms with Crippen molar-refractivity contribution >= 4 is 11.7 Å². The van der Waals surface area contributed by atoms with Crippen molar-refractivity contribution in [3.8, 4) is 0 Å². The van der Waals surface area contributed by atoms with Gasteiger partial charge in [-0.3, -0.25) is 9.59 Å². The highest BCUT2D eigenvalue weighted by atomic mass is 16.3. The fourth-order valence-corrected chi connectivity index (χ4v) is 3.08. The lowest BCUT2D eigenvalue weighted by Crippen LogP contribution is -2.31. The van der Waals surface area contributed by atoms with E-state index < -0.39 is 0 Å². The molecule has 3 rings (SSSR count). The number of nitrogens with zero attached hydrogens (tertiary/aromatic N) is 2. The Morgan fingerprint density at radius 1 is 1.26 bits per heavy atom. The number of carbonyl (C=O) groups is 2. The number of hydrogen-bond donors (Lipinski definition) is 1. The Hall–Kier alpha value is -3.15. The number of amides is 1. The number of aryl methyl sites for hydroxylation is 3. The first-order valence-electron chi connectivity index (χ1n) is 8.87. The highest BCUT2D eigenvalue weighted by Gasteiger charge is 2.21. The van der Waals surface area contributed by atoms with Gasteiger partial charge in [-0.15, -0.1) is 0 Å². The summed E-state index contributed by atoms with van der Waals surface area (Å²) < 4.78 is 7.49. The maximum absolute atomic E-state index is 12.6. The third-order valence-electron chi connectivity index (χ3n) is 4.50. The van der Waals surface area contributed by atoms with Gasteiger partial charge >= 0.3 is 0 Å². The van der Waals surface area contributed by atoms with E-state index in [9.17, 15) is 9.59 Å². The van der Waals surface area contributed by atoms with Gasteiger partial charge in [-0.25, -0.2) is 4.98 Å². The number of rotatable bonds is 7. The molecule has 0 saturated carbocycles. The number of hydrogen-bond acceptors (Lipinski definition) is 4. The summed E-state index contributed by atoms with van der Waals surface area (Å²) in [5, 5.41) is 3.06. The van der Waals surface area contributed by atoms with Gasteiger partial charge in [0.25, 0.3) is 0 Å². The predicted octanol–water partition coefficient (Wildman–Crippen LogP) is 3.36. The summed E-state index contributed by atoms with van der Waals surface area (Å²) in [4.78, 5) is 28.5. The fourth-order valence-electron chi connectivity index (χ4n) is 3.08. The van der Waals surface area contributed by atoms with Crippen molar-refractivity contribution in [3.63, 3.8) is 0 Å². The van der Waals surface area contributed by atoms with Crippen molar-refractivity contribution in [1.29, 1.82) is 0 Å². The first kappa shape index (κ1) is 18.6. The smallest absolute Gasteiger partial charge is 0.221 e. The molecule has 1 aromatic carbocycles. The molecule has 0 aliphatic heterocycles. The standard InChI is InChI=1S/C21H23N3O3/c1-14(25)18-13-17(27-15(18)2)9-10-19(26)23-20(16-7-5-4-6-8-16)21-22-11-12-24(21)3/h4-8,11-13,20H,9-10H2,1-3H3,(H,23,26). The average molecular weight is 365 g/mol. The van der Waals surface area contributed by atoms with Crippen LogP contribution >= 0.6 is 0 Å². The van der Waals surface area contributed by atoms with Crippen molar-refractivity contribution < 1.29 is 14.0 Å². The molecular weight excluding hydrogens is 342 g/mol. The van der Waals surface area contributed by atoms with Crippen LogP contribution in [-0.4, -0.2) is 21.2 Å². The van der Waals surface area contributed by atoms with Gasteiger partial charge in [0.1, 0.15) is 23.4 Å². The SMILES string of the molecule is CC(=O)c1cc(CCC(=O)NC(c2ccccc2)c2nccn2C)oc1C. The molecule has 6 heteroatoms. The number of ketones is 1. The maximum atomic E-state index is 12.6. The molecule has 1 atom stereocenters. The Labute approximate surface area is 158 Å². The number of furan rings is 1. The van der Waals surface area contributed by atoms with E-state index in [4.69, 9.17) is 4.42 Å². The van der Waals surface area contributed by atoms with Crippen LogP contribution in [0.25, 0.3) is 0 Å². The predicted molar refractivity (Wildman–Crippen MR) is 101 cm³/mol. The fraction of sp³-hybridized carbons (Fsp3) is 0.286. The van der Waals surface area contributed by atoms with Crippen LogP contribution < -0.4 is 5.32 Å². The van der Waals surface area contributed by atoms with Gasteiger partial charge in [-0.05, 0) is 25.5 Å². The largest absolute Gasteiger partial charge is 0.466 e. The molecular formula is C21H23N3O3. The molecule has 1 unspecified atom stereocenters. The van der Waals surface area contributed by atoms with Crippen LogP contribution in [-0.2, 0) is 18.3 Å². The first-order chi connectivity index (χ1) is 13.0. The van der Waals surface area contributed by atoms with Gasteiger partial charge in [0.05, 0.1) is 5.56 Å². The van der Waals surface area contributed by atoms with Crippen LogP contribution in [0.3, 0.4) is 0 Å². The molecule has 1 N–H and O–H groups in total. The maximum Gasteiger partial charge on any atom is 0.221 e. The lowest BCUT2D eigenvalue weighted by Gasteiger charge is -2.19. The Kier molecular flexibility index (Phi) is 5.54. The van der Waals surface area contributed by atoms with E-state index in [1.807, 2.05) is 48.1 Å². The molecule has 27 heavy (non-hydrogen) atoms. The normalized spacial score (nSPS) is 12.0. The lowest BCUT2D eigenvalue weighted by atomic mass is 10.1. The zero-order chi connectivity index (χ0) is 19.4. The van der Waals surface area contributed by atoms with Gasteiger partial charge in [0, 0.05) is 32.3 Å². The van der Waals surface area contributed by atoms with E-state index >= 15 is 0 Å². The number of imidazole rings is 1. The second kappa shape index (κ2) is 8.03. The molecule has 0 bridgehead atoms. The molecule has 3 aromatic rings. The molecule has 0 aliphatic rings. The minimum Gasteiger partial charge on any atom is -0.466 e. The Morgan fingerprint density at radius 3 is 2.59 bits per heavy atom. The van der Waals surface area contributed by atoms with Crippen LogP contribution in [0, 0.1) is 6.92 Å². The van der Waals surface area contributed by atoms with Gasteiger partial charge in [0.15, 0.2) is 5.78 Å². The van der Waals surface area contributed by atoms with Gasteiger partial charge in [-0.1, -0.05) is 30.3 Å². The van der Waals surface area contributed by atoms with Crippen molar-refractivity contribution in [1.82, 2.24) is 14.9 Å². The second-order valence-corrected chi connectivity index (χ2v) is 6.55. The summed E-state index contributed by atoms with van der Waals surface area (Å²) in [6.07, 6.45) is 4.26. The molecule has 0 aliphatic carbocycles. The molecule has 140 valence electrons. The van der Waals surface area contributed by atoms with E-state index in [0.29, 0.717) is 23.5 Å². The third-order valence-corrected chi connectivity index (χ3v) is 4.50. The number of carbonyl (C=O) groups excluding carboxylic acids is 2. The van der Waals surface area contributed by atoms with E-state index in [2.05, 4.69) is 10.3 Å². The summed E-state index contributed by atoms with van der Waals surface area (Å²) in [5.74, 6) is 1.85.